The van der Waals surface area contributed by atoms with Gasteiger partial charge in [-0.05, 0) is 13.3 Å². The monoisotopic (exact) mass is 132 g/mol. The second kappa shape index (κ2) is 4.18. The molecular formula is C6H12O3. The van der Waals surface area contributed by atoms with Crippen LogP contribution in [0.15, 0.2) is 0 Å². The molecule has 0 heterocycles. The predicted octanol–water partition coefficient (Wildman–Crippen LogP) is 1.87. The molecule has 1 unspecified atom stereocenters. The van der Waals surface area contributed by atoms with Crippen LogP contribution in [0.25, 0.3) is 0 Å². The fourth-order valence-corrected chi connectivity index (χ4v) is 0.638. The van der Waals surface area contributed by atoms with E-state index in [-0.39, 0.29) is 6.10 Å². The second-order valence-electron chi connectivity index (χ2n) is 1.98. The van der Waals surface area contributed by atoms with E-state index in [1.54, 1.807) is 6.92 Å². The molecule has 0 aromatic heterocycles. The molecule has 3 nitrogen and oxygen atoms in total. The Kier molecular flexibility index (Phi) is 3.84. The Morgan fingerprint density at radius 2 is 2.33 bits per heavy atom. The summed E-state index contributed by atoms with van der Waals surface area (Å²) in [4.78, 5) is 9.86. The Balaban J connectivity index is 3.26. The molecule has 0 spiro atoms. The molecule has 9 heavy (non-hydrogen) atoms. The van der Waals surface area contributed by atoms with Gasteiger partial charge in [-0.25, -0.2) is 4.79 Å². The third-order valence-electron chi connectivity index (χ3n) is 0.997. The topological polar surface area (TPSA) is 46.5 Å². The molecule has 3 heteroatoms. The van der Waals surface area contributed by atoms with Crippen LogP contribution >= 0.6 is 0 Å². The van der Waals surface area contributed by atoms with Gasteiger partial charge in [-0.3, -0.25) is 0 Å². The van der Waals surface area contributed by atoms with Crippen LogP contribution in [0.4, 0.5) is 4.79 Å². The highest BCUT2D eigenvalue weighted by Crippen LogP contribution is 1.99. The summed E-state index contributed by atoms with van der Waals surface area (Å²) in [5.74, 6) is 0. The zero-order valence-electron chi connectivity index (χ0n) is 5.76. The van der Waals surface area contributed by atoms with Crippen molar-refractivity contribution in [2.45, 2.75) is 32.8 Å². The van der Waals surface area contributed by atoms with Crippen molar-refractivity contribution in [1.29, 1.82) is 0 Å². The molecule has 0 aliphatic carbocycles. The molecule has 0 amide bonds. The van der Waals surface area contributed by atoms with Crippen molar-refractivity contribution in [3.8, 4) is 0 Å². The first kappa shape index (κ1) is 8.27. The summed E-state index contributed by atoms with van der Waals surface area (Å²) in [7, 11) is 0. The van der Waals surface area contributed by atoms with Gasteiger partial charge in [-0.1, -0.05) is 13.3 Å². The van der Waals surface area contributed by atoms with E-state index in [9.17, 15) is 4.79 Å². The lowest BCUT2D eigenvalue weighted by Crippen LogP contribution is -2.11. The van der Waals surface area contributed by atoms with Crippen LogP contribution in [0.1, 0.15) is 26.7 Å². The van der Waals surface area contributed by atoms with Gasteiger partial charge in [-0.2, -0.15) is 0 Å². The van der Waals surface area contributed by atoms with E-state index in [2.05, 4.69) is 4.74 Å². The second-order valence-corrected chi connectivity index (χ2v) is 1.98. The minimum Gasteiger partial charge on any atom is -0.450 e. The zero-order chi connectivity index (χ0) is 7.28. The maximum absolute atomic E-state index is 9.86. The molecule has 0 aliphatic rings. The van der Waals surface area contributed by atoms with E-state index in [4.69, 9.17) is 5.11 Å². The summed E-state index contributed by atoms with van der Waals surface area (Å²) in [6, 6.07) is 0. The van der Waals surface area contributed by atoms with Gasteiger partial charge in [0.25, 0.3) is 0 Å². The maximum Gasteiger partial charge on any atom is 0.506 e. The molecule has 0 aromatic rings. The van der Waals surface area contributed by atoms with Crippen molar-refractivity contribution in [2.24, 2.45) is 0 Å². The van der Waals surface area contributed by atoms with Crippen LogP contribution in [-0.2, 0) is 4.74 Å². The van der Waals surface area contributed by atoms with Gasteiger partial charge in [0, 0.05) is 0 Å². The highest BCUT2D eigenvalue weighted by molar-refractivity contribution is 5.56. The average Bonchev–Trinajstić information content (AvgIpc) is 1.63. The fourth-order valence-electron chi connectivity index (χ4n) is 0.638. The molecule has 0 aliphatic heterocycles. The Morgan fingerprint density at radius 1 is 1.78 bits per heavy atom. The van der Waals surface area contributed by atoms with Crippen LogP contribution in [0, 0.1) is 0 Å². The van der Waals surface area contributed by atoms with E-state index in [1.165, 1.54) is 0 Å². The molecular weight excluding hydrogens is 120 g/mol. The summed E-state index contributed by atoms with van der Waals surface area (Å²) in [6.07, 6.45) is 0.407. The summed E-state index contributed by atoms with van der Waals surface area (Å²) in [5.41, 5.74) is 0. The predicted molar refractivity (Wildman–Crippen MR) is 33.5 cm³/mol. The Labute approximate surface area is 54.6 Å². The Bertz CT molecular complexity index is 90.3. The minimum atomic E-state index is -1.18. The van der Waals surface area contributed by atoms with Crippen LogP contribution in [-0.4, -0.2) is 17.4 Å². The van der Waals surface area contributed by atoms with E-state index >= 15 is 0 Å². The summed E-state index contributed by atoms with van der Waals surface area (Å²) in [6.45, 7) is 3.74. The molecule has 1 atom stereocenters. The smallest absolute Gasteiger partial charge is 0.450 e. The summed E-state index contributed by atoms with van der Waals surface area (Å²) < 4.78 is 4.41. The first-order valence-corrected chi connectivity index (χ1v) is 3.06. The van der Waals surface area contributed by atoms with Crippen molar-refractivity contribution in [3.63, 3.8) is 0 Å². The lowest BCUT2D eigenvalue weighted by molar-refractivity contribution is 0.0556. The molecule has 0 bridgehead atoms. The van der Waals surface area contributed by atoms with E-state index < -0.39 is 6.16 Å². The highest BCUT2D eigenvalue weighted by atomic mass is 16.7. The number of rotatable bonds is 3. The number of carboxylic acid groups (broad SMARTS) is 1. The van der Waals surface area contributed by atoms with E-state index in [1.807, 2.05) is 6.92 Å². The summed E-state index contributed by atoms with van der Waals surface area (Å²) >= 11 is 0. The van der Waals surface area contributed by atoms with Crippen molar-refractivity contribution < 1.29 is 14.6 Å². The molecule has 0 fully saturated rings. The third-order valence-corrected chi connectivity index (χ3v) is 0.997. The molecule has 0 saturated carbocycles. The standard InChI is InChI=1S/C6H12O3/c1-3-4-5(2)9-6(7)8/h5H,3-4H2,1-2H3,(H,7,8). The van der Waals surface area contributed by atoms with Crippen molar-refractivity contribution >= 4 is 6.16 Å². The molecule has 0 radical (unpaired) electrons. The molecule has 0 aromatic carbocycles. The van der Waals surface area contributed by atoms with Gasteiger partial charge in [0.05, 0.1) is 0 Å². The number of ether oxygens (including phenoxy) is 1. The van der Waals surface area contributed by atoms with E-state index in [0.717, 1.165) is 12.8 Å². The van der Waals surface area contributed by atoms with Crippen molar-refractivity contribution in [2.75, 3.05) is 0 Å². The Morgan fingerprint density at radius 3 is 2.67 bits per heavy atom. The van der Waals surface area contributed by atoms with Crippen LogP contribution in [0.5, 0.6) is 0 Å². The zero-order valence-corrected chi connectivity index (χ0v) is 5.76. The quantitative estimate of drug-likeness (QED) is 0.596. The average molecular weight is 132 g/mol. The van der Waals surface area contributed by atoms with Crippen LogP contribution in [0.3, 0.4) is 0 Å². The minimum absolute atomic E-state index is 0.160. The molecule has 54 valence electrons. The van der Waals surface area contributed by atoms with E-state index in [0.29, 0.717) is 0 Å². The molecule has 1 N–H and O–H groups in total. The van der Waals surface area contributed by atoms with Gasteiger partial charge < -0.3 is 9.84 Å². The molecule has 0 saturated heterocycles. The third kappa shape index (κ3) is 5.14. The van der Waals surface area contributed by atoms with Gasteiger partial charge in [0.2, 0.25) is 0 Å². The first-order chi connectivity index (χ1) is 4.16. The number of hydrogen-bond donors (Lipinski definition) is 1. The van der Waals surface area contributed by atoms with Gasteiger partial charge in [0.1, 0.15) is 6.10 Å². The number of carbonyl (C=O) groups is 1. The highest BCUT2D eigenvalue weighted by Gasteiger charge is 2.04. The Hall–Kier alpha value is -0.730. The SMILES string of the molecule is CCCC(C)OC(=O)O. The first-order valence-electron chi connectivity index (χ1n) is 3.06. The van der Waals surface area contributed by atoms with Crippen molar-refractivity contribution in [3.05, 3.63) is 0 Å². The van der Waals surface area contributed by atoms with Gasteiger partial charge >= 0.3 is 6.16 Å². The largest absolute Gasteiger partial charge is 0.506 e. The number of hydrogen-bond acceptors (Lipinski definition) is 2. The molecule has 0 rings (SSSR count). The van der Waals surface area contributed by atoms with Crippen LogP contribution in [0.2, 0.25) is 0 Å². The lowest BCUT2D eigenvalue weighted by Gasteiger charge is -2.07. The lowest BCUT2D eigenvalue weighted by atomic mass is 10.2. The van der Waals surface area contributed by atoms with Gasteiger partial charge in [0.15, 0.2) is 0 Å². The fraction of sp³-hybridized carbons (Fsp3) is 0.833. The van der Waals surface area contributed by atoms with Crippen LogP contribution < -0.4 is 0 Å². The normalized spacial score (nSPS) is 12.7. The maximum atomic E-state index is 9.86. The van der Waals surface area contributed by atoms with Gasteiger partial charge in [-0.15, -0.1) is 0 Å². The van der Waals surface area contributed by atoms with Crippen molar-refractivity contribution in [1.82, 2.24) is 0 Å². The summed E-state index contributed by atoms with van der Waals surface area (Å²) in [5, 5.41) is 8.09.